The van der Waals surface area contributed by atoms with Crippen LogP contribution in [0.3, 0.4) is 0 Å². The molecule has 5 aliphatic rings. The Balaban J connectivity index is 1.24. The highest BCUT2D eigenvalue weighted by atomic mass is 15.2. The van der Waals surface area contributed by atoms with E-state index in [4.69, 9.17) is 0 Å². The number of hydrogen-bond acceptors (Lipinski definition) is 2. The van der Waals surface area contributed by atoms with E-state index < -0.39 is 0 Å². The lowest BCUT2D eigenvalue weighted by molar-refractivity contribution is 0.331. The van der Waals surface area contributed by atoms with Crippen molar-refractivity contribution in [2.75, 3.05) is 9.71 Å². The lowest BCUT2D eigenvalue weighted by atomic mass is 9.42. The highest BCUT2D eigenvalue weighted by molar-refractivity contribution is 6.93. The zero-order chi connectivity index (χ0) is 50.5. The molecule has 360 valence electrons. The first-order valence-electron chi connectivity index (χ1n) is 26.8. The molecule has 0 atom stereocenters. The number of rotatable bonds is 2. The molecule has 0 aromatic heterocycles. The first-order chi connectivity index (χ1) is 33.1. The molecule has 2 heterocycles. The fraction of sp³-hybridized carbons (Fsp3) is 0.382. The Morgan fingerprint density at radius 1 is 0.408 bits per heavy atom. The van der Waals surface area contributed by atoms with E-state index in [2.05, 4.69) is 249 Å². The summed E-state index contributed by atoms with van der Waals surface area (Å²) in [5, 5.41) is 0. The van der Waals surface area contributed by atoms with Crippen molar-refractivity contribution >= 4 is 46.2 Å². The Labute approximate surface area is 427 Å². The molecule has 0 radical (unpaired) electrons. The molecule has 0 spiro atoms. The summed E-state index contributed by atoms with van der Waals surface area (Å²) in [5.41, 5.74) is 29.9. The van der Waals surface area contributed by atoms with Crippen LogP contribution >= 0.6 is 0 Å². The molecule has 0 unspecified atom stereocenters. The van der Waals surface area contributed by atoms with Crippen LogP contribution in [0.5, 0.6) is 0 Å². The number of nitrogens with zero attached hydrogens (tertiary/aromatic N) is 2. The summed E-state index contributed by atoms with van der Waals surface area (Å²) in [6.45, 7) is 40.8. The van der Waals surface area contributed by atoms with Crippen molar-refractivity contribution in [2.45, 2.75) is 168 Å². The van der Waals surface area contributed by atoms with Gasteiger partial charge in [0.15, 0.2) is 0 Å². The zero-order valence-electron chi connectivity index (χ0n) is 45.9. The predicted octanol–water partition coefficient (Wildman–Crippen LogP) is 17.2. The molecule has 3 aliphatic carbocycles. The number of benzene rings is 7. The average molecular weight is 931 g/mol. The van der Waals surface area contributed by atoms with E-state index in [1.807, 2.05) is 0 Å². The van der Waals surface area contributed by atoms with Gasteiger partial charge >= 0.3 is 6.85 Å². The van der Waals surface area contributed by atoms with Crippen molar-refractivity contribution in [2.24, 2.45) is 0 Å². The molecule has 2 nitrogen and oxygen atoms in total. The molecule has 0 amide bonds. The third-order valence-electron chi connectivity index (χ3n) is 18.4. The molecule has 0 saturated heterocycles. The maximum Gasteiger partial charge on any atom is 0.333 e. The molecule has 0 bridgehead atoms. The Bertz CT molecular complexity index is 3410. The summed E-state index contributed by atoms with van der Waals surface area (Å²) in [5.74, 6) is 0. The lowest BCUT2D eigenvalue weighted by Crippen LogP contribution is -2.62. The molecule has 71 heavy (non-hydrogen) atoms. The van der Waals surface area contributed by atoms with E-state index in [-0.39, 0.29) is 44.8 Å². The molecule has 0 saturated carbocycles. The molecule has 7 aromatic carbocycles. The molecule has 0 N–H and O–H groups in total. The summed E-state index contributed by atoms with van der Waals surface area (Å²) < 4.78 is 0. The van der Waals surface area contributed by atoms with Crippen LogP contribution in [-0.2, 0) is 37.9 Å². The van der Waals surface area contributed by atoms with Gasteiger partial charge in [-0.3, -0.25) is 0 Å². The molecule has 7 aromatic rings. The standard InChI is InChI=1S/C68H75BN2/c1-62(2,3)40-22-27-43(28-23-40)70-57-31-26-42(64(7,8)9)34-56(57)69-60-50(36-49-45-20-18-19-21-51(45)68(16,17)59(49)61(60)70)48-35-46-47-37-54-55(66(12,13)33-32-65(54,10)11)38-52(47)67(14,15)53(46)39-58(48)71(69)44-29-24-41(25-30-44)63(4,5)6/h18-31,34-39H,32-33H2,1-17H3. The molecular weight excluding hydrogens is 856 g/mol. The van der Waals surface area contributed by atoms with Crippen molar-refractivity contribution < 1.29 is 0 Å². The fourth-order valence-corrected chi connectivity index (χ4v) is 13.8. The van der Waals surface area contributed by atoms with Crippen molar-refractivity contribution in [3.05, 3.63) is 171 Å². The van der Waals surface area contributed by atoms with Gasteiger partial charge < -0.3 is 9.71 Å². The zero-order valence-corrected chi connectivity index (χ0v) is 45.9. The van der Waals surface area contributed by atoms with Crippen molar-refractivity contribution in [1.82, 2.24) is 0 Å². The quantitative estimate of drug-likeness (QED) is 0.159. The Morgan fingerprint density at radius 2 is 0.930 bits per heavy atom. The number of fused-ring (bicyclic) bond motifs is 12. The number of hydrogen-bond donors (Lipinski definition) is 0. The van der Waals surface area contributed by atoms with Gasteiger partial charge in [-0.05, 0) is 183 Å². The Kier molecular flexibility index (Phi) is 9.42. The normalized spacial score (nSPS) is 18.2. The van der Waals surface area contributed by atoms with Gasteiger partial charge in [0.05, 0.1) is 0 Å². The topological polar surface area (TPSA) is 6.48 Å². The highest BCUT2D eigenvalue weighted by Gasteiger charge is 2.52. The van der Waals surface area contributed by atoms with Crippen molar-refractivity contribution in [1.29, 1.82) is 0 Å². The third kappa shape index (κ3) is 6.52. The van der Waals surface area contributed by atoms with E-state index in [0.717, 1.165) is 0 Å². The molecular formula is C68H75BN2. The van der Waals surface area contributed by atoms with Gasteiger partial charge in [0.25, 0.3) is 0 Å². The van der Waals surface area contributed by atoms with Crippen LogP contribution in [0.15, 0.2) is 121 Å². The molecule has 3 heteroatoms. The van der Waals surface area contributed by atoms with E-state index in [1.54, 1.807) is 5.56 Å². The van der Waals surface area contributed by atoms with Gasteiger partial charge in [0.2, 0.25) is 0 Å². The average Bonchev–Trinajstić information content (AvgIpc) is 3.67. The minimum Gasteiger partial charge on any atom is -0.376 e. The number of anilines is 5. The largest absolute Gasteiger partial charge is 0.376 e. The summed E-state index contributed by atoms with van der Waals surface area (Å²) in [4.78, 5) is 5.46. The first-order valence-corrected chi connectivity index (χ1v) is 26.8. The van der Waals surface area contributed by atoms with E-state index in [1.165, 1.54) is 130 Å². The SMILES string of the molecule is CC(C)(C)c1ccc(N2B3c4cc(C(C)(C)C)ccc4N(c4ccc(C(C)(C)C)cc4)c4c3c(cc3c4C(C)(C)c4ccccc4-3)-c3cc4c(cc32)C(C)(C)c2cc3c(cc2-4)C(C)(C)CCC3(C)C)cc1. The van der Waals surface area contributed by atoms with Crippen LogP contribution in [0.2, 0.25) is 0 Å². The summed E-state index contributed by atoms with van der Waals surface area (Å²) >= 11 is 0. The summed E-state index contributed by atoms with van der Waals surface area (Å²) in [7, 11) is 0. The van der Waals surface area contributed by atoms with Crippen LogP contribution < -0.4 is 20.6 Å². The van der Waals surface area contributed by atoms with Crippen LogP contribution in [0, 0.1) is 0 Å². The van der Waals surface area contributed by atoms with Gasteiger partial charge in [0.1, 0.15) is 0 Å². The van der Waals surface area contributed by atoms with Crippen LogP contribution in [-0.4, -0.2) is 6.85 Å². The van der Waals surface area contributed by atoms with Gasteiger partial charge in [-0.15, -0.1) is 0 Å². The second-order valence-corrected chi connectivity index (χ2v) is 27.8. The highest BCUT2D eigenvalue weighted by Crippen LogP contribution is 2.61. The predicted molar refractivity (Wildman–Crippen MR) is 307 cm³/mol. The molecule has 0 fully saturated rings. The Hall–Kier alpha value is -5.80. The van der Waals surface area contributed by atoms with Crippen LogP contribution in [0.1, 0.15) is 181 Å². The van der Waals surface area contributed by atoms with Gasteiger partial charge in [0, 0.05) is 44.8 Å². The van der Waals surface area contributed by atoms with Crippen molar-refractivity contribution in [3.8, 4) is 33.4 Å². The van der Waals surface area contributed by atoms with Gasteiger partial charge in [-0.25, -0.2) is 0 Å². The molecule has 12 rings (SSSR count). The van der Waals surface area contributed by atoms with E-state index >= 15 is 0 Å². The first kappa shape index (κ1) is 46.3. The van der Waals surface area contributed by atoms with Crippen LogP contribution in [0.25, 0.3) is 33.4 Å². The summed E-state index contributed by atoms with van der Waals surface area (Å²) in [6.07, 6.45) is 2.40. The monoisotopic (exact) mass is 931 g/mol. The molecule has 2 aliphatic heterocycles. The Morgan fingerprint density at radius 3 is 1.54 bits per heavy atom. The minimum absolute atomic E-state index is 0.0280. The van der Waals surface area contributed by atoms with Crippen LogP contribution in [0.4, 0.5) is 28.4 Å². The fourth-order valence-electron chi connectivity index (χ4n) is 13.8. The smallest absolute Gasteiger partial charge is 0.333 e. The van der Waals surface area contributed by atoms with Gasteiger partial charge in [-0.1, -0.05) is 184 Å². The second kappa shape index (κ2) is 14.5. The van der Waals surface area contributed by atoms with Crippen molar-refractivity contribution in [3.63, 3.8) is 0 Å². The van der Waals surface area contributed by atoms with E-state index in [0.29, 0.717) is 0 Å². The third-order valence-corrected chi connectivity index (χ3v) is 18.4. The maximum absolute atomic E-state index is 2.77. The minimum atomic E-state index is -0.257. The second-order valence-electron chi connectivity index (χ2n) is 27.8. The summed E-state index contributed by atoms with van der Waals surface area (Å²) in [6, 6.07) is 49.2. The van der Waals surface area contributed by atoms with Gasteiger partial charge in [-0.2, -0.15) is 0 Å². The van der Waals surface area contributed by atoms with E-state index in [9.17, 15) is 0 Å². The lowest BCUT2D eigenvalue weighted by Gasteiger charge is -2.48. The maximum atomic E-state index is 2.77.